The van der Waals surface area contributed by atoms with Crippen LogP contribution in [0.5, 0.6) is 0 Å². The number of hydrogen-bond donors (Lipinski definition) is 1. The van der Waals surface area contributed by atoms with Crippen molar-refractivity contribution in [2.75, 3.05) is 11.9 Å². The van der Waals surface area contributed by atoms with Crippen molar-refractivity contribution in [1.82, 2.24) is 4.90 Å². The molecule has 0 aliphatic carbocycles. The number of nitrogens with one attached hydrogen (secondary N) is 1. The number of anilines is 1. The summed E-state index contributed by atoms with van der Waals surface area (Å²) in [5, 5.41) is 2.72. The van der Waals surface area contributed by atoms with E-state index in [1.807, 2.05) is 32.9 Å². The summed E-state index contributed by atoms with van der Waals surface area (Å²) in [7, 11) is 0. The van der Waals surface area contributed by atoms with Gasteiger partial charge < -0.3 is 10.1 Å². The molecule has 7 heteroatoms. The largest absolute Gasteiger partial charge is 0.449 e. The molecular formula is C23H24N2O5. The zero-order valence-electron chi connectivity index (χ0n) is 17.4. The summed E-state index contributed by atoms with van der Waals surface area (Å²) in [5.41, 5.74) is 2.07. The van der Waals surface area contributed by atoms with Gasteiger partial charge in [0.25, 0.3) is 17.7 Å². The van der Waals surface area contributed by atoms with Crippen LogP contribution >= 0.6 is 0 Å². The molecular weight excluding hydrogens is 384 g/mol. The van der Waals surface area contributed by atoms with Crippen LogP contribution in [0.15, 0.2) is 42.5 Å². The lowest BCUT2D eigenvalue weighted by atomic mass is 10.1. The smallest absolute Gasteiger partial charge is 0.338 e. The van der Waals surface area contributed by atoms with Crippen LogP contribution in [0.3, 0.4) is 0 Å². The molecule has 0 spiro atoms. The normalized spacial score (nSPS) is 14.0. The quantitative estimate of drug-likeness (QED) is 0.584. The maximum atomic E-state index is 12.6. The van der Waals surface area contributed by atoms with Crippen molar-refractivity contribution in [2.24, 2.45) is 5.92 Å². The van der Waals surface area contributed by atoms with Crippen molar-refractivity contribution in [3.63, 3.8) is 0 Å². The van der Waals surface area contributed by atoms with Crippen LogP contribution in [0, 0.1) is 12.8 Å². The molecule has 0 bridgehead atoms. The summed E-state index contributed by atoms with van der Waals surface area (Å²) in [5.74, 6) is -1.87. The van der Waals surface area contributed by atoms with Gasteiger partial charge in [0.1, 0.15) is 0 Å². The van der Waals surface area contributed by atoms with Crippen LogP contribution in [-0.2, 0) is 9.53 Å². The molecule has 30 heavy (non-hydrogen) atoms. The Labute approximate surface area is 175 Å². The van der Waals surface area contributed by atoms with Gasteiger partial charge in [0.15, 0.2) is 6.10 Å². The van der Waals surface area contributed by atoms with Crippen molar-refractivity contribution in [3.05, 3.63) is 64.7 Å². The van der Waals surface area contributed by atoms with Gasteiger partial charge in [-0.3, -0.25) is 19.3 Å². The molecule has 1 N–H and O–H groups in total. The lowest BCUT2D eigenvalue weighted by Crippen LogP contribution is -2.33. The highest BCUT2D eigenvalue weighted by Gasteiger charge is 2.36. The number of benzene rings is 2. The fourth-order valence-corrected chi connectivity index (χ4v) is 3.18. The Bertz CT molecular complexity index is 1030. The molecule has 3 amide bonds. The number of carbonyl (C=O) groups is 4. The minimum atomic E-state index is -1.04. The highest BCUT2D eigenvalue weighted by atomic mass is 16.5. The number of para-hydroxylation sites is 1. The van der Waals surface area contributed by atoms with Crippen LogP contribution in [0.4, 0.5) is 5.69 Å². The van der Waals surface area contributed by atoms with E-state index in [0.717, 1.165) is 5.56 Å². The highest BCUT2D eigenvalue weighted by Crippen LogP contribution is 2.25. The van der Waals surface area contributed by atoms with Gasteiger partial charge in [-0.15, -0.1) is 0 Å². The van der Waals surface area contributed by atoms with Crippen molar-refractivity contribution in [1.29, 1.82) is 0 Å². The van der Waals surface area contributed by atoms with Crippen molar-refractivity contribution >= 4 is 29.4 Å². The monoisotopic (exact) mass is 408 g/mol. The molecule has 156 valence electrons. The molecule has 0 fully saturated rings. The number of hydrogen-bond acceptors (Lipinski definition) is 5. The van der Waals surface area contributed by atoms with Crippen molar-refractivity contribution < 1.29 is 23.9 Å². The highest BCUT2D eigenvalue weighted by molar-refractivity contribution is 6.22. The number of esters is 1. The van der Waals surface area contributed by atoms with Crippen LogP contribution in [0.1, 0.15) is 57.4 Å². The average molecular weight is 408 g/mol. The van der Waals surface area contributed by atoms with Gasteiger partial charge in [-0.05, 0) is 49.6 Å². The van der Waals surface area contributed by atoms with Crippen LogP contribution in [0.25, 0.3) is 0 Å². The fraction of sp³-hybridized carbons (Fsp3) is 0.304. The van der Waals surface area contributed by atoms with E-state index < -0.39 is 23.9 Å². The molecule has 0 saturated carbocycles. The van der Waals surface area contributed by atoms with Gasteiger partial charge in [-0.2, -0.15) is 0 Å². The third-order valence-electron chi connectivity index (χ3n) is 4.81. The summed E-state index contributed by atoms with van der Waals surface area (Å²) in [6.45, 7) is 7.46. The van der Waals surface area contributed by atoms with Crippen LogP contribution in [0.2, 0.25) is 0 Å². The predicted octanol–water partition coefficient (Wildman–Crippen LogP) is 3.43. The number of ether oxygens (including phenoxy) is 1. The average Bonchev–Trinajstić information content (AvgIpc) is 2.93. The number of aryl methyl sites for hydroxylation is 1. The van der Waals surface area contributed by atoms with E-state index in [1.54, 1.807) is 12.1 Å². The second kappa shape index (κ2) is 8.49. The molecule has 7 nitrogen and oxygen atoms in total. The topological polar surface area (TPSA) is 92.8 Å². The Morgan fingerprint density at radius 1 is 1.00 bits per heavy atom. The third kappa shape index (κ3) is 4.25. The first-order valence-electron chi connectivity index (χ1n) is 9.76. The number of rotatable bonds is 6. The zero-order chi connectivity index (χ0) is 22.0. The number of fused-ring (bicyclic) bond motifs is 1. The molecule has 0 radical (unpaired) electrons. The van der Waals surface area contributed by atoms with E-state index in [4.69, 9.17) is 4.74 Å². The van der Waals surface area contributed by atoms with Gasteiger partial charge >= 0.3 is 5.97 Å². The van der Waals surface area contributed by atoms with Gasteiger partial charge in [-0.25, -0.2) is 4.79 Å². The fourth-order valence-electron chi connectivity index (χ4n) is 3.18. The standard InChI is InChI=1S/C23H24N2O5/c1-13(2)12-25-21(27)17-10-9-16(11-18(17)22(25)28)23(29)30-15(4)20(26)24-19-8-6-5-7-14(19)3/h5-11,13,15H,12H2,1-4H3,(H,24,26)/t15-/m1/s1. The van der Waals surface area contributed by atoms with E-state index in [2.05, 4.69) is 5.32 Å². The summed E-state index contributed by atoms with van der Waals surface area (Å²) in [6, 6.07) is 11.5. The predicted molar refractivity (Wildman–Crippen MR) is 111 cm³/mol. The maximum Gasteiger partial charge on any atom is 0.338 e. The number of amides is 3. The van der Waals surface area contributed by atoms with Gasteiger partial charge in [0, 0.05) is 12.2 Å². The van der Waals surface area contributed by atoms with Crippen LogP contribution < -0.4 is 5.32 Å². The van der Waals surface area contributed by atoms with E-state index in [-0.39, 0.29) is 28.5 Å². The second-order valence-corrected chi connectivity index (χ2v) is 7.73. The Morgan fingerprint density at radius 2 is 1.67 bits per heavy atom. The van der Waals surface area contributed by atoms with E-state index >= 15 is 0 Å². The first kappa shape index (κ1) is 21.2. The first-order valence-corrected chi connectivity index (χ1v) is 9.76. The maximum absolute atomic E-state index is 12.6. The molecule has 1 atom stereocenters. The molecule has 0 unspecified atom stereocenters. The zero-order valence-corrected chi connectivity index (χ0v) is 17.4. The molecule has 0 saturated heterocycles. The minimum Gasteiger partial charge on any atom is -0.449 e. The molecule has 0 aromatic heterocycles. The molecule has 2 aromatic rings. The summed E-state index contributed by atoms with van der Waals surface area (Å²) < 4.78 is 5.26. The number of carbonyl (C=O) groups excluding carboxylic acids is 4. The Morgan fingerprint density at radius 3 is 2.33 bits per heavy atom. The summed E-state index contributed by atoms with van der Waals surface area (Å²) in [6.07, 6.45) is -1.04. The van der Waals surface area contributed by atoms with E-state index in [0.29, 0.717) is 12.2 Å². The van der Waals surface area contributed by atoms with Crippen molar-refractivity contribution in [3.8, 4) is 0 Å². The lowest BCUT2D eigenvalue weighted by molar-refractivity contribution is -0.123. The van der Waals surface area contributed by atoms with Gasteiger partial charge in [0.05, 0.1) is 16.7 Å². The molecule has 1 aliphatic heterocycles. The minimum absolute atomic E-state index is 0.108. The molecule has 1 aliphatic rings. The van der Waals surface area contributed by atoms with Crippen LogP contribution in [-0.4, -0.2) is 41.2 Å². The lowest BCUT2D eigenvalue weighted by Gasteiger charge is -2.15. The summed E-state index contributed by atoms with van der Waals surface area (Å²) in [4.78, 5) is 51.1. The van der Waals surface area contributed by atoms with Gasteiger partial charge in [0.2, 0.25) is 0 Å². The Hall–Kier alpha value is -3.48. The van der Waals surface area contributed by atoms with Gasteiger partial charge in [-0.1, -0.05) is 32.0 Å². The first-order chi connectivity index (χ1) is 14.2. The molecule has 2 aromatic carbocycles. The Kier molecular flexibility index (Phi) is 6.01. The summed E-state index contributed by atoms with van der Waals surface area (Å²) >= 11 is 0. The van der Waals surface area contributed by atoms with E-state index in [9.17, 15) is 19.2 Å². The third-order valence-corrected chi connectivity index (χ3v) is 4.81. The number of imide groups is 1. The van der Waals surface area contributed by atoms with Crippen molar-refractivity contribution in [2.45, 2.75) is 33.8 Å². The number of nitrogens with zero attached hydrogens (tertiary/aromatic N) is 1. The SMILES string of the molecule is Cc1ccccc1NC(=O)[C@@H](C)OC(=O)c1ccc2c(c1)C(=O)N(CC(C)C)C2=O. The molecule has 1 heterocycles. The Balaban J connectivity index is 1.70. The van der Waals surface area contributed by atoms with E-state index in [1.165, 1.54) is 30.0 Å². The second-order valence-electron chi connectivity index (χ2n) is 7.73. The molecule has 3 rings (SSSR count).